The van der Waals surface area contributed by atoms with Crippen molar-refractivity contribution in [2.75, 3.05) is 17.2 Å². The monoisotopic (exact) mass is 328 g/mol. The number of carbonyl (C=O) groups is 1. The van der Waals surface area contributed by atoms with E-state index in [4.69, 9.17) is 4.74 Å². The summed E-state index contributed by atoms with van der Waals surface area (Å²) in [5, 5.41) is 10.1. The van der Waals surface area contributed by atoms with Gasteiger partial charge in [0, 0.05) is 19.2 Å². The van der Waals surface area contributed by atoms with Crippen LogP contribution in [0.3, 0.4) is 0 Å². The third kappa shape index (κ3) is 3.17. The van der Waals surface area contributed by atoms with E-state index in [0.29, 0.717) is 17.5 Å². The second kappa shape index (κ2) is 6.46. The predicted octanol–water partition coefficient (Wildman–Crippen LogP) is 2.06. The number of aromatic nitrogens is 4. The van der Waals surface area contributed by atoms with Crippen molar-refractivity contribution in [2.24, 2.45) is 0 Å². The quantitative estimate of drug-likeness (QED) is 0.892. The molecule has 1 aliphatic carbocycles. The number of carbonyl (C=O) groups excluding carboxylic acids is 1. The van der Waals surface area contributed by atoms with Gasteiger partial charge in [-0.1, -0.05) is 0 Å². The first-order valence-electron chi connectivity index (χ1n) is 8.41. The van der Waals surface area contributed by atoms with Crippen LogP contribution in [0.25, 0.3) is 0 Å². The largest absolute Gasteiger partial charge is 0.474 e. The lowest BCUT2D eigenvalue weighted by Gasteiger charge is -2.12. The van der Waals surface area contributed by atoms with Crippen LogP contribution in [-0.2, 0) is 6.54 Å². The van der Waals surface area contributed by atoms with Gasteiger partial charge in [-0.15, -0.1) is 5.10 Å². The molecular formula is C16H20N6O2. The Morgan fingerprint density at radius 2 is 2.17 bits per heavy atom. The van der Waals surface area contributed by atoms with Crippen molar-refractivity contribution in [1.82, 2.24) is 19.7 Å². The second-order valence-corrected chi connectivity index (χ2v) is 6.13. The summed E-state index contributed by atoms with van der Waals surface area (Å²) < 4.78 is 7.53. The topological polar surface area (TPSA) is 94.0 Å². The first kappa shape index (κ1) is 14.9. The minimum Gasteiger partial charge on any atom is -0.474 e. The number of rotatable bonds is 4. The van der Waals surface area contributed by atoms with Gasteiger partial charge in [-0.05, 0) is 38.2 Å². The highest BCUT2D eigenvalue weighted by molar-refractivity contribution is 6.01. The van der Waals surface area contributed by atoms with Gasteiger partial charge in [0.1, 0.15) is 6.10 Å². The fraction of sp³-hybridized carbons (Fsp3) is 0.500. The third-order valence-electron chi connectivity index (χ3n) is 4.29. The number of nitrogens with zero attached hydrogens (tertiary/aromatic N) is 4. The van der Waals surface area contributed by atoms with Crippen LogP contribution in [0.4, 0.5) is 11.6 Å². The molecule has 8 nitrogen and oxygen atoms in total. The van der Waals surface area contributed by atoms with Gasteiger partial charge in [0.25, 0.3) is 5.91 Å². The minimum absolute atomic E-state index is 0.158. The van der Waals surface area contributed by atoms with E-state index in [9.17, 15) is 4.79 Å². The van der Waals surface area contributed by atoms with E-state index < -0.39 is 0 Å². The lowest BCUT2D eigenvalue weighted by atomic mass is 10.3. The Balaban J connectivity index is 1.39. The molecule has 2 aromatic heterocycles. The van der Waals surface area contributed by atoms with Crippen LogP contribution >= 0.6 is 0 Å². The van der Waals surface area contributed by atoms with Crippen molar-refractivity contribution in [3.05, 3.63) is 24.2 Å². The van der Waals surface area contributed by atoms with Crippen molar-refractivity contribution in [3.8, 4) is 5.88 Å². The van der Waals surface area contributed by atoms with Gasteiger partial charge in [-0.2, -0.15) is 4.98 Å². The van der Waals surface area contributed by atoms with E-state index in [2.05, 4.69) is 25.7 Å². The highest BCUT2D eigenvalue weighted by Gasteiger charge is 2.19. The molecule has 1 fully saturated rings. The maximum absolute atomic E-state index is 12.3. The van der Waals surface area contributed by atoms with Crippen LogP contribution in [0, 0.1) is 0 Å². The molecule has 0 saturated heterocycles. The Morgan fingerprint density at radius 3 is 2.92 bits per heavy atom. The molecule has 0 spiro atoms. The van der Waals surface area contributed by atoms with Gasteiger partial charge in [-0.3, -0.25) is 4.79 Å². The number of hydrogen-bond donors (Lipinski definition) is 2. The van der Waals surface area contributed by atoms with Crippen molar-refractivity contribution in [1.29, 1.82) is 0 Å². The summed E-state index contributed by atoms with van der Waals surface area (Å²) in [5.41, 5.74) is 0.597. The van der Waals surface area contributed by atoms with Crippen LogP contribution in [0.5, 0.6) is 5.88 Å². The normalized spacial score (nSPS) is 17.2. The summed E-state index contributed by atoms with van der Waals surface area (Å²) >= 11 is 0. The summed E-state index contributed by atoms with van der Waals surface area (Å²) in [7, 11) is 0. The molecule has 2 aliphatic rings. The van der Waals surface area contributed by atoms with E-state index in [0.717, 1.165) is 32.4 Å². The number of ether oxygens (including phenoxy) is 1. The number of nitrogens with one attached hydrogen (secondary N) is 2. The molecule has 0 bridgehead atoms. The van der Waals surface area contributed by atoms with Gasteiger partial charge in [-0.25, -0.2) is 9.67 Å². The number of pyridine rings is 1. The standard InChI is InChI=1S/C16H20N6O2/c23-15(14-20-16-17-8-3-9-22(16)21-14)19-11-6-7-13(18-10-11)24-12-4-1-2-5-12/h6-7,10,12H,1-5,8-9H2,(H,19,23)(H,17,20,21). The number of aryl methyl sites for hydroxylation is 1. The molecule has 0 unspecified atom stereocenters. The van der Waals surface area contributed by atoms with Crippen molar-refractivity contribution in [3.63, 3.8) is 0 Å². The van der Waals surface area contributed by atoms with Crippen molar-refractivity contribution >= 4 is 17.5 Å². The van der Waals surface area contributed by atoms with Gasteiger partial charge < -0.3 is 15.4 Å². The van der Waals surface area contributed by atoms with Crippen LogP contribution in [-0.4, -0.2) is 38.3 Å². The zero-order valence-electron chi connectivity index (χ0n) is 13.4. The number of hydrogen-bond acceptors (Lipinski definition) is 6. The molecular weight excluding hydrogens is 308 g/mol. The summed E-state index contributed by atoms with van der Waals surface area (Å²) in [6.07, 6.45) is 7.45. The molecule has 0 aromatic carbocycles. The average molecular weight is 328 g/mol. The summed E-state index contributed by atoms with van der Waals surface area (Å²) in [6.45, 7) is 1.63. The lowest BCUT2D eigenvalue weighted by molar-refractivity contribution is 0.101. The molecule has 3 heterocycles. The van der Waals surface area contributed by atoms with Gasteiger partial charge in [0.2, 0.25) is 17.7 Å². The molecule has 8 heteroatoms. The number of anilines is 2. The predicted molar refractivity (Wildman–Crippen MR) is 88.2 cm³/mol. The molecule has 2 aromatic rings. The van der Waals surface area contributed by atoms with Crippen LogP contribution in [0.1, 0.15) is 42.7 Å². The van der Waals surface area contributed by atoms with E-state index in [1.165, 1.54) is 12.8 Å². The van der Waals surface area contributed by atoms with Crippen molar-refractivity contribution in [2.45, 2.75) is 44.8 Å². The SMILES string of the molecule is O=C(Nc1ccc(OC2CCCC2)nc1)c1nc2n(n1)CCCN2. The molecule has 1 aliphatic heterocycles. The first-order chi connectivity index (χ1) is 11.8. The van der Waals surface area contributed by atoms with Gasteiger partial charge in [0.15, 0.2) is 0 Å². The number of fused-ring (bicyclic) bond motifs is 1. The Morgan fingerprint density at radius 1 is 1.29 bits per heavy atom. The fourth-order valence-electron chi connectivity index (χ4n) is 3.04. The van der Waals surface area contributed by atoms with Crippen LogP contribution in [0.2, 0.25) is 0 Å². The average Bonchev–Trinajstić information content (AvgIpc) is 3.25. The molecule has 2 N–H and O–H groups in total. The van der Waals surface area contributed by atoms with Gasteiger partial charge in [0.05, 0.1) is 11.9 Å². The lowest BCUT2D eigenvalue weighted by Crippen LogP contribution is -2.18. The Hall–Kier alpha value is -2.64. The van der Waals surface area contributed by atoms with E-state index in [1.807, 2.05) is 0 Å². The Labute approximate surface area is 139 Å². The molecule has 0 radical (unpaired) electrons. The van der Waals surface area contributed by atoms with Gasteiger partial charge >= 0.3 is 0 Å². The zero-order valence-corrected chi connectivity index (χ0v) is 13.4. The zero-order chi connectivity index (χ0) is 16.4. The highest BCUT2D eigenvalue weighted by atomic mass is 16.5. The summed E-state index contributed by atoms with van der Waals surface area (Å²) in [4.78, 5) is 20.7. The molecule has 126 valence electrons. The minimum atomic E-state index is -0.343. The van der Waals surface area contributed by atoms with E-state index >= 15 is 0 Å². The fourth-order valence-corrected chi connectivity index (χ4v) is 3.04. The van der Waals surface area contributed by atoms with E-state index in [-0.39, 0.29) is 17.8 Å². The second-order valence-electron chi connectivity index (χ2n) is 6.13. The first-order valence-corrected chi connectivity index (χ1v) is 8.41. The maximum atomic E-state index is 12.3. The summed E-state index contributed by atoms with van der Waals surface area (Å²) in [5.74, 6) is 1.06. The Bertz CT molecular complexity index is 697. The van der Waals surface area contributed by atoms with Crippen LogP contribution < -0.4 is 15.4 Å². The van der Waals surface area contributed by atoms with E-state index in [1.54, 1.807) is 23.0 Å². The maximum Gasteiger partial charge on any atom is 0.295 e. The molecule has 1 saturated carbocycles. The number of amides is 1. The van der Waals surface area contributed by atoms with Crippen LogP contribution in [0.15, 0.2) is 18.3 Å². The van der Waals surface area contributed by atoms with Crippen molar-refractivity contribution < 1.29 is 9.53 Å². The molecule has 4 rings (SSSR count). The highest BCUT2D eigenvalue weighted by Crippen LogP contribution is 2.23. The summed E-state index contributed by atoms with van der Waals surface area (Å²) in [6, 6.07) is 3.56. The smallest absolute Gasteiger partial charge is 0.295 e. The third-order valence-corrected chi connectivity index (χ3v) is 4.29. The Kier molecular flexibility index (Phi) is 4.02. The molecule has 24 heavy (non-hydrogen) atoms. The molecule has 0 atom stereocenters. The molecule has 1 amide bonds.